The van der Waals surface area contributed by atoms with Gasteiger partial charge in [0.1, 0.15) is 12.1 Å². The molecule has 19 N–H and O–H groups in total. The molecule has 0 radical (unpaired) electrons. The summed E-state index contributed by atoms with van der Waals surface area (Å²) < 4.78 is 0. The molecule has 0 saturated heterocycles. The van der Waals surface area contributed by atoms with E-state index in [9.17, 15) is 28.8 Å². The zero-order chi connectivity index (χ0) is 28.9. The standard InChI is InChI=1S/C3H7NO3.C3H7NO2S.4C2H5NO2/c4-2(1-5)3(6)7;4-2(1-7)3(5)6;4*3-1-2(4)5/h2,5H,1,4H2,(H,6,7);2,7H,1,4H2,(H,5,6);4*1,3H2,(H,4,5)/t2*2-;;;;/m00..../s1. The second kappa shape index (κ2) is 34.5. The molecule has 0 heterocycles. The topological polar surface area (TPSA) is 400 Å². The smallest absolute Gasteiger partial charge is 0.322 e. The largest absolute Gasteiger partial charge is 0.480 e. The van der Waals surface area contributed by atoms with Crippen LogP contribution in [0, 0.1) is 0 Å². The molecule has 19 nitrogen and oxygen atoms in total. The van der Waals surface area contributed by atoms with E-state index < -0.39 is 54.5 Å². The summed E-state index contributed by atoms with van der Waals surface area (Å²) >= 11 is 3.65. The lowest BCUT2D eigenvalue weighted by molar-refractivity contribution is -0.140. The van der Waals surface area contributed by atoms with Crippen LogP contribution in [0.15, 0.2) is 0 Å². The molecule has 204 valence electrons. The lowest BCUT2D eigenvalue weighted by atomic mass is 10.3. The number of carboxylic acids is 6. The molecule has 34 heavy (non-hydrogen) atoms. The maximum absolute atomic E-state index is 9.76. The Morgan fingerprint density at radius 3 is 0.735 bits per heavy atom. The van der Waals surface area contributed by atoms with Crippen LogP contribution < -0.4 is 34.4 Å². The monoisotopic (exact) mass is 526 g/mol. The average molecular weight is 527 g/mol. The Morgan fingerprint density at radius 1 is 0.559 bits per heavy atom. The van der Waals surface area contributed by atoms with E-state index in [0.717, 1.165) is 0 Å². The Hall–Kier alpha value is -3.11. The third-order valence-corrected chi connectivity index (χ3v) is 2.12. The van der Waals surface area contributed by atoms with E-state index in [2.05, 4.69) is 35.6 Å². The number of hydrogen-bond acceptors (Lipinski definition) is 14. The normalized spacial score (nSPS) is 9.88. The average Bonchev–Trinajstić information content (AvgIpc) is 2.79. The lowest BCUT2D eigenvalue weighted by Crippen LogP contribution is -2.33. The number of carbonyl (C=O) groups is 6. The summed E-state index contributed by atoms with van der Waals surface area (Å²) in [5, 5.41) is 54.3. The van der Waals surface area contributed by atoms with Crippen LogP contribution in [0.3, 0.4) is 0 Å². The van der Waals surface area contributed by atoms with Gasteiger partial charge >= 0.3 is 35.8 Å². The van der Waals surface area contributed by atoms with Crippen molar-refractivity contribution < 1.29 is 64.5 Å². The molecule has 2 atom stereocenters. The van der Waals surface area contributed by atoms with E-state index in [1.807, 2.05) is 0 Å². The molecule has 0 aromatic heterocycles. The van der Waals surface area contributed by atoms with Crippen molar-refractivity contribution in [1.29, 1.82) is 0 Å². The van der Waals surface area contributed by atoms with Gasteiger partial charge in [-0.25, -0.2) is 0 Å². The first kappa shape index (κ1) is 44.5. The Bertz CT molecular complexity index is 492. The van der Waals surface area contributed by atoms with E-state index in [4.69, 9.17) is 47.2 Å². The molecule has 0 aromatic carbocycles. The molecular formula is C14H34N6O13S. The first-order valence-electron chi connectivity index (χ1n) is 8.31. The number of aliphatic carboxylic acids is 6. The lowest BCUT2D eigenvalue weighted by Gasteiger charge is -1.96. The summed E-state index contributed by atoms with van der Waals surface area (Å²) in [6, 6.07) is -1.94. The number of aliphatic hydroxyl groups is 1. The number of thiol groups is 1. The third-order valence-electron chi connectivity index (χ3n) is 1.73. The summed E-state index contributed by atoms with van der Waals surface area (Å²) in [4.78, 5) is 56.4. The highest BCUT2D eigenvalue weighted by atomic mass is 32.1. The summed E-state index contributed by atoms with van der Waals surface area (Å²) in [6.07, 6.45) is 0. The molecule has 0 fully saturated rings. The van der Waals surface area contributed by atoms with Crippen LogP contribution in [0.5, 0.6) is 0 Å². The van der Waals surface area contributed by atoms with Gasteiger partial charge in [-0.15, -0.1) is 0 Å². The van der Waals surface area contributed by atoms with Gasteiger partial charge in [0.25, 0.3) is 0 Å². The van der Waals surface area contributed by atoms with E-state index in [1.165, 1.54) is 0 Å². The van der Waals surface area contributed by atoms with Crippen LogP contribution in [0.1, 0.15) is 0 Å². The van der Waals surface area contributed by atoms with E-state index in [-0.39, 0.29) is 31.9 Å². The van der Waals surface area contributed by atoms with Crippen LogP contribution >= 0.6 is 12.6 Å². The van der Waals surface area contributed by atoms with Crippen molar-refractivity contribution in [1.82, 2.24) is 0 Å². The van der Waals surface area contributed by atoms with Crippen LogP contribution in [0.4, 0.5) is 0 Å². The highest BCUT2D eigenvalue weighted by Gasteiger charge is 2.07. The predicted molar refractivity (Wildman–Crippen MR) is 119 cm³/mol. The van der Waals surface area contributed by atoms with Crippen LogP contribution in [0.25, 0.3) is 0 Å². The summed E-state index contributed by atoms with van der Waals surface area (Å²) in [5.41, 5.74) is 28.0. The molecule has 0 aliphatic rings. The molecule has 0 rings (SSSR count). The molecule has 0 amide bonds. The molecule has 0 bridgehead atoms. The minimum absolute atomic E-state index is 0.190. The van der Waals surface area contributed by atoms with Crippen LogP contribution in [-0.2, 0) is 28.8 Å². The summed E-state index contributed by atoms with van der Waals surface area (Å²) in [5.74, 6) is -5.86. The van der Waals surface area contributed by atoms with Gasteiger partial charge < -0.3 is 70.1 Å². The van der Waals surface area contributed by atoms with Gasteiger partial charge in [-0.1, -0.05) is 0 Å². The second-order valence-electron chi connectivity index (χ2n) is 4.65. The number of hydrogen-bond donors (Lipinski definition) is 14. The zero-order valence-corrected chi connectivity index (χ0v) is 18.8. The van der Waals surface area contributed by atoms with Crippen LogP contribution in [0.2, 0.25) is 0 Å². The second-order valence-corrected chi connectivity index (χ2v) is 5.01. The molecular weight excluding hydrogens is 492 g/mol. The highest BCUT2D eigenvalue weighted by molar-refractivity contribution is 7.80. The molecule has 20 heteroatoms. The van der Waals surface area contributed by atoms with Crippen molar-refractivity contribution in [3.8, 4) is 0 Å². The first-order valence-corrected chi connectivity index (χ1v) is 8.94. The number of nitrogens with two attached hydrogens (primary N) is 6. The fourth-order valence-corrected chi connectivity index (χ4v) is 0.312. The SMILES string of the molecule is NCC(=O)O.NCC(=O)O.NCC(=O)O.NCC(=O)O.N[C@@H](CO)C(=O)O.N[C@@H](CS)C(=O)O. The van der Waals surface area contributed by atoms with Crippen LogP contribution in [-0.4, -0.2) is 122 Å². The van der Waals surface area contributed by atoms with Gasteiger partial charge in [0.2, 0.25) is 0 Å². The van der Waals surface area contributed by atoms with E-state index >= 15 is 0 Å². The summed E-state index contributed by atoms with van der Waals surface area (Å²) in [7, 11) is 0. The Labute approximate surface area is 198 Å². The van der Waals surface area contributed by atoms with Crippen molar-refractivity contribution in [2.45, 2.75) is 12.1 Å². The predicted octanol–water partition coefficient (Wildman–Crippen LogP) is -6.16. The maximum atomic E-state index is 9.76. The zero-order valence-electron chi connectivity index (χ0n) is 17.9. The molecule has 0 spiro atoms. The summed E-state index contributed by atoms with van der Waals surface area (Å²) in [6.45, 7) is -1.62. The van der Waals surface area contributed by atoms with Gasteiger partial charge in [0.15, 0.2) is 0 Å². The minimum Gasteiger partial charge on any atom is -0.480 e. The Morgan fingerprint density at radius 2 is 0.735 bits per heavy atom. The Balaban J connectivity index is -0.0000000697. The third kappa shape index (κ3) is 78.8. The minimum atomic E-state index is -1.18. The number of carboxylic acid groups (broad SMARTS) is 6. The maximum Gasteiger partial charge on any atom is 0.322 e. The molecule has 0 aliphatic heterocycles. The van der Waals surface area contributed by atoms with Crippen molar-refractivity contribution in [3.05, 3.63) is 0 Å². The molecule has 0 unspecified atom stereocenters. The van der Waals surface area contributed by atoms with Crippen molar-refractivity contribution in [2.75, 3.05) is 38.5 Å². The van der Waals surface area contributed by atoms with Gasteiger partial charge in [0, 0.05) is 5.75 Å². The fourth-order valence-electron chi connectivity index (χ4n) is 0.156. The van der Waals surface area contributed by atoms with Crippen molar-refractivity contribution in [3.63, 3.8) is 0 Å². The van der Waals surface area contributed by atoms with Gasteiger partial charge in [-0.05, 0) is 0 Å². The molecule has 0 aromatic rings. The van der Waals surface area contributed by atoms with E-state index in [0.29, 0.717) is 0 Å². The molecule has 0 aliphatic carbocycles. The number of aliphatic hydroxyl groups excluding tert-OH is 1. The van der Waals surface area contributed by atoms with Gasteiger partial charge in [-0.3, -0.25) is 28.8 Å². The van der Waals surface area contributed by atoms with Crippen molar-refractivity contribution >= 4 is 48.4 Å². The van der Waals surface area contributed by atoms with E-state index in [1.54, 1.807) is 0 Å². The number of rotatable bonds is 8. The first-order chi connectivity index (χ1) is 15.4. The fraction of sp³-hybridized carbons (Fsp3) is 0.571. The highest BCUT2D eigenvalue weighted by Crippen LogP contribution is 1.80. The quantitative estimate of drug-likeness (QED) is 0.131. The Kier molecular flexibility index (Phi) is 45.2. The molecule has 0 saturated carbocycles. The van der Waals surface area contributed by atoms with Crippen molar-refractivity contribution in [2.24, 2.45) is 34.4 Å². The van der Waals surface area contributed by atoms with Gasteiger partial charge in [-0.2, -0.15) is 12.6 Å². The van der Waals surface area contributed by atoms with Gasteiger partial charge in [0.05, 0.1) is 32.8 Å².